The molecular weight excluding hydrogens is 296 g/mol. The van der Waals surface area contributed by atoms with Gasteiger partial charge in [0.05, 0.1) is 0 Å². The third kappa shape index (κ3) is 3.48. The molecule has 19 heavy (non-hydrogen) atoms. The number of benzene rings is 2. The van der Waals surface area contributed by atoms with Crippen molar-refractivity contribution in [3.8, 4) is 0 Å². The second-order valence-corrected chi connectivity index (χ2v) is 6.58. The monoisotopic (exact) mass is 316 g/mol. The smallest absolute Gasteiger partial charge is 0.0440 e. The third-order valence-corrected chi connectivity index (χ3v) is 4.33. The first kappa shape index (κ1) is 14.3. The summed E-state index contributed by atoms with van der Waals surface area (Å²) >= 11 is 3.87. The highest BCUT2D eigenvalue weighted by Gasteiger charge is 2.14. The van der Waals surface area contributed by atoms with Crippen LogP contribution in [0.4, 0.5) is 0 Å². The van der Waals surface area contributed by atoms with Crippen molar-refractivity contribution in [2.45, 2.75) is 38.9 Å². The van der Waals surface area contributed by atoms with Crippen molar-refractivity contribution in [2.24, 2.45) is 0 Å². The Morgan fingerprint density at radius 1 is 0.895 bits per heavy atom. The molecule has 2 aromatic rings. The summed E-state index contributed by atoms with van der Waals surface area (Å²) in [6, 6.07) is 13.3. The molecule has 0 nitrogen and oxygen atoms in total. The molecule has 1 unspecified atom stereocenters. The molecule has 1 heteroatoms. The molecule has 0 N–H and O–H groups in total. The van der Waals surface area contributed by atoms with Gasteiger partial charge >= 0.3 is 0 Å². The molecule has 0 heterocycles. The van der Waals surface area contributed by atoms with Gasteiger partial charge < -0.3 is 0 Å². The zero-order valence-electron chi connectivity index (χ0n) is 12.1. The minimum Gasteiger partial charge on any atom is -0.0835 e. The van der Waals surface area contributed by atoms with E-state index in [2.05, 4.69) is 80.0 Å². The van der Waals surface area contributed by atoms with Gasteiger partial charge in [0.1, 0.15) is 0 Å². The predicted octanol–water partition coefficient (Wildman–Crippen LogP) is 5.60. The van der Waals surface area contributed by atoms with Crippen molar-refractivity contribution in [1.82, 2.24) is 0 Å². The van der Waals surface area contributed by atoms with Crippen LogP contribution in [-0.4, -0.2) is 0 Å². The van der Waals surface area contributed by atoms with E-state index < -0.39 is 0 Å². The van der Waals surface area contributed by atoms with Crippen molar-refractivity contribution in [3.05, 3.63) is 69.8 Å². The van der Waals surface area contributed by atoms with Gasteiger partial charge in [0.2, 0.25) is 0 Å². The quantitative estimate of drug-likeness (QED) is 0.647. The fourth-order valence-corrected chi connectivity index (χ4v) is 3.93. The molecule has 0 fully saturated rings. The average molecular weight is 317 g/mol. The lowest BCUT2D eigenvalue weighted by molar-refractivity contribution is 0.924. The van der Waals surface area contributed by atoms with E-state index in [4.69, 9.17) is 0 Å². The Hall–Kier alpha value is -1.08. The number of rotatable bonds is 3. The Morgan fingerprint density at radius 2 is 1.53 bits per heavy atom. The van der Waals surface area contributed by atoms with Crippen molar-refractivity contribution in [3.63, 3.8) is 0 Å². The van der Waals surface area contributed by atoms with Crippen LogP contribution in [0.1, 0.15) is 38.2 Å². The van der Waals surface area contributed by atoms with Gasteiger partial charge in [-0.1, -0.05) is 63.5 Å². The molecular formula is C18H21Br. The fraction of sp³-hybridized carbons (Fsp3) is 0.333. The molecule has 100 valence electrons. The van der Waals surface area contributed by atoms with E-state index in [1.165, 1.54) is 33.4 Å². The number of alkyl halides is 1. The first-order valence-electron chi connectivity index (χ1n) is 6.74. The number of halogens is 1. The molecule has 0 radical (unpaired) electrons. The van der Waals surface area contributed by atoms with Crippen LogP contribution in [-0.2, 0) is 6.42 Å². The molecule has 0 aliphatic heterocycles. The van der Waals surface area contributed by atoms with Crippen LogP contribution in [0.25, 0.3) is 0 Å². The second-order valence-electron chi connectivity index (χ2n) is 5.47. The van der Waals surface area contributed by atoms with Crippen molar-refractivity contribution >= 4 is 15.9 Å². The lowest BCUT2D eigenvalue weighted by Crippen LogP contribution is -2.01. The fourth-order valence-electron chi connectivity index (χ4n) is 2.83. The third-order valence-electron chi connectivity index (χ3n) is 3.55. The normalized spacial score (nSPS) is 12.5. The van der Waals surface area contributed by atoms with E-state index >= 15 is 0 Å². The molecule has 0 spiro atoms. The minimum atomic E-state index is 0.384. The Labute approximate surface area is 125 Å². The highest BCUT2D eigenvalue weighted by atomic mass is 79.9. The SMILES string of the molecule is Cc1cccc(CC(Br)c2c(C)cc(C)cc2C)c1. The lowest BCUT2D eigenvalue weighted by atomic mass is 9.94. The topological polar surface area (TPSA) is 0 Å². The number of hydrogen-bond donors (Lipinski definition) is 0. The Balaban J connectivity index is 2.28. The Bertz CT molecular complexity index is 561. The summed E-state index contributed by atoms with van der Waals surface area (Å²) in [4.78, 5) is 0.384. The molecule has 0 saturated heterocycles. The minimum absolute atomic E-state index is 0.384. The van der Waals surface area contributed by atoms with Crippen LogP contribution in [0.15, 0.2) is 36.4 Å². The molecule has 0 bridgehead atoms. The van der Waals surface area contributed by atoms with E-state index in [9.17, 15) is 0 Å². The maximum Gasteiger partial charge on any atom is 0.0440 e. The molecule has 0 saturated carbocycles. The van der Waals surface area contributed by atoms with Crippen LogP contribution in [0.2, 0.25) is 0 Å². The van der Waals surface area contributed by atoms with Gasteiger partial charge in [0.15, 0.2) is 0 Å². The lowest BCUT2D eigenvalue weighted by Gasteiger charge is -2.17. The summed E-state index contributed by atoms with van der Waals surface area (Å²) < 4.78 is 0. The van der Waals surface area contributed by atoms with Gasteiger partial charge in [0, 0.05) is 4.83 Å². The van der Waals surface area contributed by atoms with E-state index in [-0.39, 0.29) is 0 Å². The van der Waals surface area contributed by atoms with Gasteiger partial charge in [-0.2, -0.15) is 0 Å². The van der Waals surface area contributed by atoms with E-state index in [1.807, 2.05) is 0 Å². The zero-order chi connectivity index (χ0) is 14.0. The molecule has 0 aliphatic rings. The molecule has 0 aromatic heterocycles. The summed E-state index contributed by atoms with van der Waals surface area (Å²) in [5.74, 6) is 0. The van der Waals surface area contributed by atoms with E-state index in [0.29, 0.717) is 4.83 Å². The van der Waals surface area contributed by atoms with Crippen LogP contribution < -0.4 is 0 Å². The molecule has 2 aromatic carbocycles. The molecule has 1 atom stereocenters. The summed E-state index contributed by atoms with van der Waals surface area (Å²) in [6.45, 7) is 8.72. The average Bonchev–Trinajstić information content (AvgIpc) is 2.27. The maximum absolute atomic E-state index is 3.87. The summed E-state index contributed by atoms with van der Waals surface area (Å²) in [6.07, 6.45) is 1.03. The summed E-state index contributed by atoms with van der Waals surface area (Å²) in [5.41, 5.74) is 8.26. The van der Waals surface area contributed by atoms with Crippen LogP contribution in [0.5, 0.6) is 0 Å². The summed E-state index contributed by atoms with van der Waals surface area (Å²) in [5, 5.41) is 0. The highest BCUT2D eigenvalue weighted by molar-refractivity contribution is 9.09. The largest absolute Gasteiger partial charge is 0.0835 e. The highest BCUT2D eigenvalue weighted by Crippen LogP contribution is 2.32. The second kappa shape index (κ2) is 5.92. The van der Waals surface area contributed by atoms with Gasteiger partial charge in [-0.25, -0.2) is 0 Å². The Morgan fingerprint density at radius 3 is 2.11 bits per heavy atom. The van der Waals surface area contributed by atoms with E-state index in [1.54, 1.807) is 0 Å². The summed E-state index contributed by atoms with van der Waals surface area (Å²) in [7, 11) is 0. The van der Waals surface area contributed by atoms with Crippen molar-refractivity contribution in [2.75, 3.05) is 0 Å². The van der Waals surface area contributed by atoms with Crippen molar-refractivity contribution < 1.29 is 0 Å². The number of aryl methyl sites for hydroxylation is 4. The van der Waals surface area contributed by atoms with Crippen LogP contribution in [0.3, 0.4) is 0 Å². The van der Waals surface area contributed by atoms with Gasteiger partial charge in [-0.3, -0.25) is 0 Å². The molecule has 0 amide bonds. The molecule has 0 aliphatic carbocycles. The van der Waals surface area contributed by atoms with Crippen molar-refractivity contribution in [1.29, 1.82) is 0 Å². The standard InChI is InChI=1S/C18H21Br/c1-12-6-5-7-16(10-12)11-17(19)18-14(3)8-13(2)9-15(18)4/h5-10,17H,11H2,1-4H3. The Kier molecular flexibility index (Phi) is 4.46. The van der Waals surface area contributed by atoms with Gasteiger partial charge in [0.25, 0.3) is 0 Å². The first-order chi connectivity index (χ1) is 8.97. The molecule has 2 rings (SSSR count). The van der Waals surface area contributed by atoms with Crippen LogP contribution in [0, 0.1) is 27.7 Å². The maximum atomic E-state index is 3.87. The zero-order valence-corrected chi connectivity index (χ0v) is 13.7. The van der Waals surface area contributed by atoms with Gasteiger partial charge in [-0.05, 0) is 56.4 Å². The van der Waals surface area contributed by atoms with E-state index in [0.717, 1.165) is 6.42 Å². The predicted molar refractivity (Wildman–Crippen MR) is 87.2 cm³/mol. The number of hydrogen-bond acceptors (Lipinski definition) is 0. The first-order valence-corrected chi connectivity index (χ1v) is 7.66. The van der Waals surface area contributed by atoms with Crippen LogP contribution >= 0.6 is 15.9 Å². The van der Waals surface area contributed by atoms with Gasteiger partial charge in [-0.15, -0.1) is 0 Å².